The summed E-state index contributed by atoms with van der Waals surface area (Å²) in [4.78, 5) is 48.1. The average Bonchev–Trinajstić information content (AvgIpc) is 2.88. The molecule has 0 fully saturated rings. The van der Waals surface area contributed by atoms with Gasteiger partial charge < -0.3 is 25.2 Å². The minimum atomic E-state index is -1.42. The lowest BCUT2D eigenvalue weighted by atomic mass is 9.94. The van der Waals surface area contributed by atoms with Crippen molar-refractivity contribution in [3.05, 3.63) is 107 Å². The van der Waals surface area contributed by atoms with E-state index in [1.165, 1.54) is 72.8 Å². The molecule has 0 amide bonds. The molecule has 0 radical (unpaired) electrons. The van der Waals surface area contributed by atoms with Crippen LogP contribution < -0.4 is 4.74 Å². The molecule has 0 spiro atoms. The molecule has 0 unspecified atom stereocenters. The lowest BCUT2D eigenvalue weighted by molar-refractivity contribution is 0.0680. The molecule has 37 heavy (non-hydrogen) atoms. The quantitative estimate of drug-likeness (QED) is 0.242. The first-order valence-corrected chi connectivity index (χ1v) is 10.8. The molecule has 0 bridgehead atoms. The number of rotatable bonds is 8. The molecule has 0 aliphatic rings. The normalized spacial score (nSPS) is 10.5. The van der Waals surface area contributed by atoms with E-state index in [4.69, 9.17) is 4.74 Å². The van der Waals surface area contributed by atoms with E-state index in [-0.39, 0.29) is 56.0 Å². The second kappa shape index (κ2) is 10.0. The van der Waals surface area contributed by atoms with E-state index in [9.17, 15) is 39.6 Å². The van der Waals surface area contributed by atoms with Crippen LogP contribution in [-0.2, 0) is 0 Å². The highest BCUT2D eigenvalue weighted by atomic mass is 16.5. The van der Waals surface area contributed by atoms with Crippen molar-refractivity contribution in [1.29, 1.82) is 0 Å². The van der Waals surface area contributed by atoms with Gasteiger partial charge in [0.1, 0.15) is 22.6 Å². The Labute approximate surface area is 209 Å². The molecule has 0 saturated carbocycles. The zero-order valence-corrected chi connectivity index (χ0v) is 18.9. The van der Waals surface area contributed by atoms with Gasteiger partial charge in [-0.15, -0.1) is 0 Å². The first-order chi connectivity index (χ1) is 17.7. The SMILES string of the molecule is O=C(O)c1ccccc1-c1cccc(Oc2cccc(-c3ccccc3C(=O)O)c2C(=O)O)c1C(=O)O. The van der Waals surface area contributed by atoms with Gasteiger partial charge in [-0.3, -0.25) is 0 Å². The average molecular weight is 498 g/mol. The molecule has 4 N–H and O–H groups in total. The fourth-order valence-corrected chi connectivity index (χ4v) is 4.05. The second-order valence-corrected chi connectivity index (χ2v) is 7.77. The molecule has 9 nitrogen and oxygen atoms in total. The highest BCUT2D eigenvalue weighted by molar-refractivity contribution is 6.05. The van der Waals surface area contributed by atoms with Crippen LogP contribution in [0.2, 0.25) is 0 Å². The molecule has 0 heterocycles. The van der Waals surface area contributed by atoms with Crippen molar-refractivity contribution >= 4 is 23.9 Å². The number of aromatic carboxylic acids is 4. The summed E-state index contributed by atoms with van der Waals surface area (Å²) in [6.07, 6.45) is 0. The highest BCUT2D eigenvalue weighted by Gasteiger charge is 2.25. The van der Waals surface area contributed by atoms with Gasteiger partial charge in [0.25, 0.3) is 0 Å². The molecule has 4 aromatic rings. The molecular formula is C28H18O9. The second-order valence-electron chi connectivity index (χ2n) is 7.77. The van der Waals surface area contributed by atoms with Crippen molar-refractivity contribution in [3.63, 3.8) is 0 Å². The van der Waals surface area contributed by atoms with Crippen molar-refractivity contribution in [1.82, 2.24) is 0 Å². The van der Waals surface area contributed by atoms with Crippen LogP contribution in [0.5, 0.6) is 11.5 Å². The molecule has 0 saturated heterocycles. The molecule has 0 aliphatic carbocycles. The van der Waals surface area contributed by atoms with E-state index in [1.54, 1.807) is 12.1 Å². The lowest BCUT2D eigenvalue weighted by Crippen LogP contribution is -2.08. The van der Waals surface area contributed by atoms with Crippen molar-refractivity contribution in [2.45, 2.75) is 0 Å². The maximum absolute atomic E-state index is 12.3. The first-order valence-electron chi connectivity index (χ1n) is 10.8. The molecule has 0 atom stereocenters. The summed E-state index contributed by atoms with van der Waals surface area (Å²) < 4.78 is 5.83. The van der Waals surface area contributed by atoms with Crippen molar-refractivity contribution in [2.24, 2.45) is 0 Å². The number of hydrogen-bond acceptors (Lipinski definition) is 5. The van der Waals surface area contributed by atoms with Gasteiger partial charge in [-0.05, 0) is 35.4 Å². The van der Waals surface area contributed by atoms with Crippen LogP contribution in [0.25, 0.3) is 22.3 Å². The Bertz CT molecular complexity index is 1450. The third-order valence-electron chi connectivity index (χ3n) is 5.60. The molecule has 9 heteroatoms. The van der Waals surface area contributed by atoms with Crippen LogP contribution in [0.15, 0.2) is 84.9 Å². The predicted molar refractivity (Wildman–Crippen MR) is 132 cm³/mol. The van der Waals surface area contributed by atoms with Gasteiger partial charge in [-0.2, -0.15) is 0 Å². The zero-order valence-electron chi connectivity index (χ0n) is 18.9. The Kier molecular flexibility index (Phi) is 6.70. The third-order valence-corrected chi connectivity index (χ3v) is 5.60. The van der Waals surface area contributed by atoms with Crippen LogP contribution in [0.4, 0.5) is 0 Å². The monoisotopic (exact) mass is 498 g/mol. The van der Waals surface area contributed by atoms with Gasteiger partial charge in [0, 0.05) is 11.1 Å². The number of carboxylic acids is 4. The smallest absolute Gasteiger partial charge is 0.340 e. The maximum atomic E-state index is 12.3. The summed E-state index contributed by atoms with van der Waals surface area (Å²) in [6, 6.07) is 20.1. The molecule has 0 aliphatic heterocycles. The standard InChI is InChI=1S/C28H18O9/c29-25(30)19-9-3-1-7-15(19)17-11-5-13-21(23(17)27(33)34)37-22-14-6-12-18(24(22)28(35)36)16-8-2-4-10-20(16)26(31)32/h1-14H,(H,29,30)(H,31,32)(H,33,34)(H,35,36). The van der Waals surface area contributed by atoms with Crippen LogP contribution in [0.3, 0.4) is 0 Å². The predicted octanol–water partition coefficient (Wildman–Crippen LogP) is 5.61. The Hall–Kier alpha value is -5.44. The first kappa shape index (κ1) is 24.7. The minimum absolute atomic E-state index is 0.0623. The van der Waals surface area contributed by atoms with Gasteiger partial charge >= 0.3 is 23.9 Å². The number of carbonyl (C=O) groups is 4. The summed E-state index contributed by atoms with van der Waals surface area (Å²) in [5.41, 5.74) is -0.588. The third kappa shape index (κ3) is 4.73. The number of carboxylic acid groups (broad SMARTS) is 4. The molecule has 0 aromatic heterocycles. The van der Waals surface area contributed by atoms with E-state index in [1.807, 2.05) is 0 Å². The Morgan fingerprint density at radius 3 is 1.14 bits per heavy atom. The van der Waals surface area contributed by atoms with Crippen LogP contribution >= 0.6 is 0 Å². The number of ether oxygens (including phenoxy) is 1. The van der Waals surface area contributed by atoms with Gasteiger partial charge in [0.2, 0.25) is 0 Å². The van der Waals surface area contributed by atoms with Gasteiger partial charge in [-0.25, -0.2) is 19.2 Å². The van der Waals surface area contributed by atoms with Crippen molar-refractivity contribution in [3.8, 4) is 33.8 Å². The van der Waals surface area contributed by atoms with Gasteiger partial charge in [0.05, 0.1) is 11.1 Å². The van der Waals surface area contributed by atoms with E-state index in [0.29, 0.717) is 0 Å². The van der Waals surface area contributed by atoms with Crippen LogP contribution in [0, 0.1) is 0 Å². The van der Waals surface area contributed by atoms with E-state index in [0.717, 1.165) is 0 Å². The van der Waals surface area contributed by atoms with Crippen LogP contribution in [-0.4, -0.2) is 44.3 Å². The Morgan fingerprint density at radius 2 is 0.784 bits per heavy atom. The van der Waals surface area contributed by atoms with Crippen molar-refractivity contribution < 1.29 is 44.3 Å². The fourth-order valence-electron chi connectivity index (χ4n) is 4.05. The topological polar surface area (TPSA) is 158 Å². The lowest BCUT2D eigenvalue weighted by Gasteiger charge is -2.17. The summed E-state index contributed by atoms with van der Waals surface area (Å²) in [7, 11) is 0. The minimum Gasteiger partial charge on any atom is -0.478 e. The van der Waals surface area contributed by atoms with E-state index in [2.05, 4.69) is 0 Å². The Balaban J connectivity index is 1.92. The van der Waals surface area contributed by atoms with Crippen LogP contribution in [0.1, 0.15) is 41.4 Å². The van der Waals surface area contributed by atoms with Gasteiger partial charge in [0.15, 0.2) is 0 Å². The highest BCUT2D eigenvalue weighted by Crippen LogP contribution is 2.39. The molecule has 4 rings (SSSR count). The summed E-state index contributed by atoms with van der Waals surface area (Å²) in [5, 5.41) is 39.2. The molecule has 184 valence electrons. The molecule has 4 aromatic carbocycles. The summed E-state index contributed by atoms with van der Waals surface area (Å²) in [6.45, 7) is 0. The van der Waals surface area contributed by atoms with E-state index < -0.39 is 23.9 Å². The van der Waals surface area contributed by atoms with E-state index >= 15 is 0 Å². The zero-order chi connectivity index (χ0) is 26.7. The van der Waals surface area contributed by atoms with Gasteiger partial charge in [-0.1, -0.05) is 60.7 Å². The van der Waals surface area contributed by atoms with Crippen molar-refractivity contribution in [2.75, 3.05) is 0 Å². The number of benzene rings is 4. The Morgan fingerprint density at radius 1 is 0.432 bits per heavy atom. The maximum Gasteiger partial charge on any atom is 0.340 e. The largest absolute Gasteiger partial charge is 0.478 e. The fraction of sp³-hybridized carbons (Fsp3) is 0. The number of hydrogen-bond donors (Lipinski definition) is 4. The summed E-state index contributed by atoms with van der Waals surface area (Å²) in [5.74, 6) is -5.80. The summed E-state index contributed by atoms with van der Waals surface area (Å²) >= 11 is 0. The molecular weight excluding hydrogens is 480 g/mol.